The number of hydrogen-bond donors (Lipinski definition) is 0. The summed E-state index contributed by atoms with van der Waals surface area (Å²) in [4.78, 5) is 33.6. The third-order valence-corrected chi connectivity index (χ3v) is 19.0. The van der Waals surface area contributed by atoms with Crippen LogP contribution in [0.3, 0.4) is 0 Å². The molecule has 8 aromatic heterocycles. The lowest BCUT2D eigenvalue weighted by molar-refractivity contribution is 0.685. The van der Waals surface area contributed by atoms with Crippen LogP contribution in [0.25, 0.3) is 77.1 Å². The number of allylic oxidation sites excluding steroid dienone is 2. The highest BCUT2D eigenvalue weighted by Gasteiger charge is 2.43. The number of hydrogen-bond acceptors (Lipinski definition) is 9. The van der Waals surface area contributed by atoms with Crippen LogP contribution >= 0.6 is 28.7 Å². The van der Waals surface area contributed by atoms with Gasteiger partial charge in [-0.1, -0.05) is 66.4 Å². The molecule has 0 radical (unpaired) electrons. The van der Waals surface area contributed by atoms with Crippen LogP contribution in [-0.4, -0.2) is 29.9 Å². The SMILES string of the molecule is S=P1(c2ccccc2)C(c2ccc(-c3cc(-c4ccccn4)nc(-c4ccccn4)c3)s2)=C2CCCCC2=C1c1ccc(-c2cc(-c3ccccn3)nc(-c3ccccn3)c2)s1. The summed E-state index contributed by atoms with van der Waals surface area (Å²) in [5.74, 6) is 0. The standard InChI is InChI=1S/C52H37N6PS3/c60-59(36-14-2-1-3-15-36)51(49-24-22-47(61-49)34-30-43(39-18-6-10-26-53-39)57-44(31-34)40-19-7-11-27-54-40)37-16-4-5-17-38(37)52(59)50-25-23-48(62-50)35-32-45(41-20-8-12-28-55-41)58-46(33-35)42-21-9-13-29-56-42/h1-3,6-15,18-33H,4-5,16-17H2. The summed E-state index contributed by atoms with van der Waals surface area (Å²) in [7, 11) is 0. The van der Waals surface area contributed by atoms with Crippen LogP contribution in [0.1, 0.15) is 35.4 Å². The number of nitrogens with zero attached hydrogens (tertiary/aromatic N) is 6. The Bertz CT molecular complexity index is 2890. The topological polar surface area (TPSA) is 77.3 Å². The lowest BCUT2D eigenvalue weighted by Gasteiger charge is -2.25. The molecule has 1 aromatic carbocycles. The molecule has 0 bridgehead atoms. The maximum atomic E-state index is 7.30. The average Bonchev–Trinajstić information content (AvgIpc) is 4.10. The molecule has 0 amide bonds. The van der Waals surface area contributed by atoms with E-state index < -0.39 is 6.04 Å². The van der Waals surface area contributed by atoms with Gasteiger partial charge in [0, 0.05) is 61.0 Å². The highest BCUT2D eigenvalue weighted by atomic mass is 32.4. The minimum absolute atomic E-state index is 0.816. The fourth-order valence-corrected chi connectivity index (χ4v) is 16.9. The lowest BCUT2D eigenvalue weighted by Crippen LogP contribution is -2.05. The van der Waals surface area contributed by atoms with Gasteiger partial charge in [0.2, 0.25) is 0 Å². The maximum absolute atomic E-state index is 7.30. The van der Waals surface area contributed by atoms with Gasteiger partial charge in [0.15, 0.2) is 0 Å². The molecule has 0 saturated heterocycles. The summed E-state index contributed by atoms with van der Waals surface area (Å²) in [5, 5.41) is 3.95. The van der Waals surface area contributed by atoms with Crippen molar-refractivity contribution in [3.8, 4) is 66.4 Å². The highest BCUT2D eigenvalue weighted by molar-refractivity contribution is 8.28. The van der Waals surface area contributed by atoms with Crippen LogP contribution in [0.15, 0.2) is 188 Å². The van der Waals surface area contributed by atoms with Gasteiger partial charge in [-0.05, 0) is 150 Å². The third-order valence-electron chi connectivity index (χ3n) is 11.4. The molecule has 1 fully saturated rings. The summed E-state index contributed by atoms with van der Waals surface area (Å²) in [6, 6.07) is 50.0. The molecular formula is C52H37N6PS3. The Kier molecular flexibility index (Phi) is 10.3. The van der Waals surface area contributed by atoms with Gasteiger partial charge in [-0.15, -0.1) is 22.7 Å². The summed E-state index contributed by atoms with van der Waals surface area (Å²) in [6.07, 6.45) is 11.6. The van der Waals surface area contributed by atoms with E-state index in [1.165, 1.54) is 36.8 Å². The number of rotatable bonds is 9. The van der Waals surface area contributed by atoms with Gasteiger partial charge in [0.1, 0.15) is 0 Å². The van der Waals surface area contributed by atoms with E-state index in [-0.39, 0.29) is 0 Å². The highest BCUT2D eigenvalue weighted by Crippen LogP contribution is 2.76. The van der Waals surface area contributed by atoms with Gasteiger partial charge in [0.05, 0.1) is 45.6 Å². The molecule has 11 rings (SSSR count). The van der Waals surface area contributed by atoms with Gasteiger partial charge in [-0.3, -0.25) is 19.9 Å². The second-order valence-corrected chi connectivity index (χ2v) is 21.7. The first-order valence-electron chi connectivity index (χ1n) is 20.6. The molecule has 6 nitrogen and oxygen atoms in total. The molecule has 2 aliphatic rings. The van der Waals surface area contributed by atoms with E-state index in [2.05, 4.69) is 98.8 Å². The largest absolute Gasteiger partial charge is 0.255 e. The third kappa shape index (κ3) is 7.11. The van der Waals surface area contributed by atoms with E-state index in [0.29, 0.717) is 0 Å². The van der Waals surface area contributed by atoms with Crippen molar-refractivity contribution in [1.29, 1.82) is 0 Å². The lowest BCUT2D eigenvalue weighted by atomic mass is 9.88. The first kappa shape index (κ1) is 38.6. The molecule has 9 heterocycles. The average molecular weight is 873 g/mol. The fourth-order valence-electron chi connectivity index (χ4n) is 8.59. The second kappa shape index (κ2) is 16.5. The molecule has 9 aromatic rings. The Morgan fingerprint density at radius 2 is 0.742 bits per heavy atom. The van der Waals surface area contributed by atoms with Crippen molar-refractivity contribution < 1.29 is 0 Å². The summed E-state index contributed by atoms with van der Waals surface area (Å²) in [6.45, 7) is 0. The number of pyridine rings is 6. The molecule has 1 aliphatic heterocycles. The molecular weight excluding hydrogens is 836 g/mol. The van der Waals surface area contributed by atoms with Crippen LogP contribution in [0.5, 0.6) is 0 Å². The van der Waals surface area contributed by atoms with Gasteiger partial charge >= 0.3 is 0 Å². The normalized spacial score (nSPS) is 14.6. The Morgan fingerprint density at radius 3 is 1.10 bits per heavy atom. The fraction of sp³-hybridized carbons (Fsp3) is 0.0769. The van der Waals surface area contributed by atoms with E-state index in [4.69, 9.17) is 21.8 Å². The molecule has 0 N–H and O–H groups in total. The smallest absolute Gasteiger partial charge is 0.0900 e. The van der Waals surface area contributed by atoms with Crippen molar-refractivity contribution in [3.05, 3.63) is 197 Å². The Labute approximate surface area is 373 Å². The molecule has 0 unspecified atom stereocenters. The molecule has 298 valence electrons. The number of aromatic nitrogens is 6. The van der Waals surface area contributed by atoms with Crippen LogP contribution < -0.4 is 5.30 Å². The molecule has 1 saturated carbocycles. The predicted molar refractivity (Wildman–Crippen MR) is 261 cm³/mol. The number of thiophene rings is 2. The number of fused-ring (bicyclic) bond motifs is 1. The zero-order valence-electron chi connectivity index (χ0n) is 33.4. The van der Waals surface area contributed by atoms with Gasteiger partial charge in [-0.25, -0.2) is 9.97 Å². The molecule has 10 heteroatoms. The van der Waals surface area contributed by atoms with Crippen molar-refractivity contribution in [2.75, 3.05) is 0 Å². The van der Waals surface area contributed by atoms with E-state index in [9.17, 15) is 0 Å². The Hall–Kier alpha value is -6.35. The summed E-state index contributed by atoms with van der Waals surface area (Å²) < 4.78 is 0. The Morgan fingerprint density at radius 1 is 0.387 bits per heavy atom. The second-order valence-electron chi connectivity index (χ2n) is 15.2. The van der Waals surface area contributed by atoms with Crippen molar-refractivity contribution >= 4 is 56.5 Å². The van der Waals surface area contributed by atoms with Crippen molar-refractivity contribution in [2.45, 2.75) is 25.7 Å². The minimum Gasteiger partial charge on any atom is -0.255 e. The van der Waals surface area contributed by atoms with Crippen LogP contribution in [-0.2, 0) is 11.8 Å². The maximum Gasteiger partial charge on any atom is 0.0900 e. The van der Waals surface area contributed by atoms with E-state index in [1.807, 2.05) is 120 Å². The first-order chi connectivity index (χ1) is 30.6. The van der Waals surface area contributed by atoms with Crippen LogP contribution in [0.2, 0.25) is 0 Å². The van der Waals surface area contributed by atoms with Gasteiger partial charge in [-0.2, -0.15) is 0 Å². The van der Waals surface area contributed by atoms with E-state index in [1.54, 1.807) is 0 Å². The van der Waals surface area contributed by atoms with Crippen LogP contribution in [0.4, 0.5) is 0 Å². The first-order valence-corrected chi connectivity index (χ1v) is 25.1. The Balaban J connectivity index is 1.04. The van der Waals surface area contributed by atoms with Gasteiger partial charge < -0.3 is 0 Å². The van der Waals surface area contributed by atoms with Crippen molar-refractivity contribution in [3.63, 3.8) is 0 Å². The van der Waals surface area contributed by atoms with E-state index >= 15 is 0 Å². The van der Waals surface area contributed by atoms with Crippen molar-refractivity contribution in [2.24, 2.45) is 0 Å². The predicted octanol–water partition coefficient (Wildman–Crippen LogP) is 13.7. The monoisotopic (exact) mass is 872 g/mol. The number of benzene rings is 1. The zero-order valence-corrected chi connectivity index (χ0v) is 36.8. The minimum atomic E-state index is -2.53. The van der Waals surface area contributed by atoms with Crippen molar-refractivity contribution in [1.82, 2.24) is 29.9 Å². The molecule has 1 aliphatic carbocycles. The van der Waals surface area contributed by atoms with Gasteiger partial charge in [0.25, 0.3) is 0 Å². The molecule has 0 spiro atoms. The summed E-state index contributed by atoms with van der Waals surface area (Å²) >= 11 is 11.0. The summed E-state index contributed by atoms with van der Waals surface area (Å²) in [5.41, 5.74) is 11.7. The molecule has 0 atom stereocenters. The molecule has 62 heavy (non-hydrogen) atoms. The van der Waals surface area contributed by atoms with Crippen LogP contribution in [0, 0.1) is 0 Å². The van der Waals surface area contributed by atoms with E-state index in [0.717, 1.165) is 92.1 Å². The zero-order chi connectivity index (χ0) is 41.5. The quantitative estimate of drug-likeness (QED) is 0.134.